The number of hydrogen-bond acceptors (Lipinski definition) is 2. The zero-order chi connectivity index (χ0) is 13.4. The van der Waals surface area contributed by atoms with Gasteiger partial charge in [-0.15, -0.1) is 0 Å². The number of hydrogen-bond donors (Lipinski definition) is 0. The summed E-state index contributed by atoms with van der Waals surface area (Å²) in [5, 5.41) is 0.731. The highest BCUT2D eigenvalue weighted by atomic mass is 79.9. The van der Waals surface area contributed by atoms with Gasteiger partial charge < -0.3 is 0 Å². The van der Waals surface area contributed by atoms with E-state index >= 15 is 0 Å². The maximum Gasteiger partial charge on any atom is 0.234 e. The molecule has 0 saturated heterocycles. The lowest BCUT2D eigenvalue weighted by molar-refractivity contribution is 1.07. The highest BCUT2D eigenvalue weighted by molar-refractivity contribution is 9.10. The maximum absolute atomic E-state index is 5.95. The smallest absolute Gasteiger partial charge is 0.234 e. The summed E-state index contributed by atoms with van der Waals surface area (Å²) in [6.07, 6.45) is 4.60. The molecule has 0 aliphatic carbocycles. The highest BCUT2D eigenvalue weighted by Crippen LogP contribution is 2.27. The summed E-state index contributed by atoms with van der Waals surface area (Å²) in [4.78, 5) is 8.90. The van der Waals surface area contributed by atoms with Gasteiger partial charge in [-0.2, -0.15) is 0 Å². The largest absolute Gasteiger partial charge is 0.282 e. The summed E-state index contributed by atoms with van der Waals surface area (Å²) in [6.45, 7) is 2.09. The van der Waals surface area contributed by atoms with Crippen molar-refractivity contribution in [2.24, 2.45) is 0 Å². The van der Waals surface area contributed by atoms with Crippen LogP contribution in [0.3, 0.4) is 0 Å². The van der Waals surface area contributed by atoms with Crippen LogP contribution in [0.25, 0.3) is 17.0 Å². The molecule has 0 atom stereocenters. The fourth-order valence-electron chi connectivity index (χ4n) is 2.12. The van der Waals surface area contributed by atoms with Gasteiger partial charge in [-0.25, -0.2) is 9.97 Å². The molecule has 2 heterocycles. The number of rotatable bonds is 2. The normalized spacial score (nSPS) is 11.1. The van der Waals surface area contributed by atoms with Crippen molar-refractivity contribution in [1.82, 2.24) is 14.4 Å². The molecule has 1 aromatic carbocycles. The molecule has 3 aromatic rings. The molecular weight excluding hydrogens is 326 g/mol. The lowest BCUT2D eigenvalue weighted by Gasteiger charge is -2.04. The molecule has 3 rings (SSSR count). The fourth-order valence-corrected chi connectivity index (χ4v) is 2.55. The molecule has 0 N–H and O–H groups in total. The summed E-state index contributed by atoms with van der Waals surface area (Å²) < 4.78 is 2.93. The molecule has 0 bridgehead atoms. The first kappa shape index (κ1) is 12.6. The maximum atomic E-state index is 5.95. The van der Waals surface area contributed by atoms with Crippen molar-refractivity contribution in [3.8, 4) is 11.3 Å². The predicted octanol–water partition coefficient (Wildman–Crippen LogP) is 4.37. The second kappa shape index (κ2) is 4.94. The Morgan fingerprint density at radius 2 is 2.00 bits per heavy atom. The first-order chi connectivity index (χ1) is 9.19. The lowest BCUT2D eigenvalue weighted by atomic mass is 10.1. The summed E-state index contributed by atoms with van der Waals surface area (Å²) >= 11 is 9.40. The average molecular weight is 337 g/mol. The molecule has 0 amide bonds. The van der Waals surface area contributed by atoms with Gasteiger partial charge in [0.05, 0.1) is 15.9 Å². The van der Waals surface area contributed by atoms with E-state index in [1.165, 1.54) is 0 Å². The zero-order valence-corrected chi connectivity index (χ0v) is 12.6. The number of nitrogens with zero attached hydrogens (tertiary/aromatic N) is 3. The fraction of sp³-hybridized carbons (Fsp3) is 0.143. The second-order valence-electron chi connectivity index (χ2n) is 4.21. The molecule has 5 heteroatoms. The number of fused-ring (bicyclic) bond motifs is 1. The number of halogens is 2. The van der Waals surface area contributed by atoms with Crippen LogP contribution in [-0.4, -0.2) is 14.4 Å². The van der Waals surface area contributed by atoms with Gasteiger partial charge in [0.25, 0.3) is 0 Å². The van der Waals surface area contributed by atoms with Crippen molar-refractivity contribution in [3.05, 3.63) is 51.8 Å². The molecule has 2 aromatic heterocycles. The number of aryl methyl sites for hydroxylation is 1. The van der Waals surface area contributed by atoms with Gasteiger partial charge in [0.2, 0.25) is 5.78 Å². The quantitative estimate of drug-likeness (QED) is 0.695. The summed E-state index contributed by atoms with van der Waals surface area (Å²) in [5.41, 5.74) is 3.20. The molecule has 0 spiro atoms. The Labute approximate surface area is 124 Å². The van der Waals surface area contributed by atoms with Crippen molar-refractivity contribution < 1.29 is 0 Å². The van der Waals surface area contributed by atoms with Crippen LogP contribution in [0.5, 0.6) is 0 Å². The Hall–Kier alpha value is -1.39. The summed E-state index contributed by atoms with van der Waals surface area (Å²) in [6, 6.07) is 7.79. The van der Waals surface area contributed by atoms with Crippen LogP contribution in [0, 0.1) is 0 Å². The minimum Gasteiger partial charge on any atom is -0.282 e. The first-order valence-corrected chi connectivity index (χ1v) is 7.14. The first-order valence-electron chi connectivity index (χ1n) is 5.97. The minimum absolute atomic E-state index is 0.713. The number of benzene rings is 1. The third kappa shape index (κ3) is 2.26. The molecular formula is C14H11BrClN3. The van der Waals surface area contributed by atoms with Crippen molar-refractivity contribution >= 4 is 33.3 Å². The Morgan fingerprint density at radius 3 is 2.68 bits per heavy atom. The summed E-state index contributed by atoms with van der Waals surface area (Å²) in [5.74, 6) is 0.713. The lowest BCUT2D eigenvalue weighted by Crippen LogP contribution is -1.92. The third-order valence-electron chi connectivity index (χ3n) is 2.97. The topological polar surface area (TPSA) is 30.2 Å². The van der Waals surface area contributed by atoms with Gasteiger partial charge >= 0.3 is 0 Å². The van der Waals surface area contributed by atoms with Crippen LogP contribution in [0.15, 0.2) is 41.1 Å². The zero-order valence-electron chi connectivity index (χ0n) is 10.3. The SMILES string of the molecule is CCc1nc2ncc(Br)cn2c1-c1ccc(Cl)cc1. The van der Waals surface area contributed by atoms with Crippen LogP contribution < -0.4 is 0 Å². The molecule has 0 aliphatic heterocycles. The predicted molar refractivity (Wildman–Crippen MR) is 80.5 cm³/mol. The Bertz CT molecular complexity index is 734. The van der Waals surface area contributed by atoms with E-state index in [2.05, 4.69) is 32.8 Å². The summed E-state index contributed by atoms with van der Waals surface area (Å²) in [7, 11) is 0. The van der Waals surface area contributed by atoms with Crippen molar-refractivity contribution in [2.45, 2.75) is 13.3 Å². The van der Waals surface area contributed by atoms with Crippen LogP contribution >= 0.6 is 27.5 Å². The average Bonchev–Trinajstić information content (AvgIpc) is 2.77. The van der Waals surface area contributed by atoms with Crippen molar-refractivity contribution in [1.29, 1.82) is 0 Å². The molecule has 0 saturated carbocycles. The van der Waals surface area contributed by atoms with Crippen LogP contribution in [0.4, 0.5) is 0 Å². The second-order valence-corrected chi connectivity index (χ2v) is 5.56. The van der Waals surface area contributed by atoms with E-state index < -0.39 is 0 Å². The monoisotopic (exact) mass is 335 g/mol. The van der Waals surface area contributed by atoms with E-state index in [0.29, 0.717) is 5.78 Å². The van der Waals surface area contributed by atoms with Crippen LogP contribution in [-0.2, 0) is 6.42 Å². The van der Waals surface area contributed by atoms with Gasteiger partial charge in [-0.3, -0.25) is 4.40 Å². The Balaban J connectivity index is 2.31. The molecule has 0 unspecified atom stereocenters. The molecule has 0 fully saturated rings. The van der Waals surface area contributed by atoms with E-state index in [9.17, 15) is 0 Å². The molecule has 0 aliphatic rings. The Morgan fingerprint density at radius 1 is 1.26 bits per heavy atom. The van der Waals surface area contributed by atoms with Crippen LogP contribution in [0.1, 0.15) is 12.6 Å². The van der Waals surface area contributed by atoms with Gasteiger partial charge in [0.15, 0.2) is 0 Å². The molecule has 0 radical (unpaired) electrons. The van der Waals surface area contributed by atoms with E-state index in [-0.39, 0.29) is 0 Å². The standard InChI is InChI=1S/C14H11BrClN3/c1-2-12-13(9-3-5-11(16)6-4-9)19-8-10(15)7-17-14(19)18-12/h3-8H,2H2,1H3. The number of imidazole rings is 1. The third-order valence-corrected chi connectivity index (χ3v) is 3.63. The van der Waals surface area contributed by atoms with Gasteiger partial charge in [0.1, 0.15) is 0 Å². The van der Waals surface area contributed by atoms with Crippen LogP contribution in [0.2, 0.25) is 5.02 Å². The van der Waals surface area contributed by atoms with Gasteiger partial charge in [-0.1, -0.05) is 30.7 Å². The van der Waals surface area contributed by atoms with E-state index in [1.54, 1.807) is 6.20 Å². The van der Waals surface area contributed by atoms with Gasteiger partial charge in [-0.05, 0) is 34.5 Å². The van der Waals surface area contributed by atoms with E-state index in [0.717, 1.165) is 32.9 Å². The highest BCUT2D eigenvalue weighted by Gasteiger charge is 2.13. The van der Waals surface area contributed by atoms with Crippen molar-refractivity contribution in [2.75, 3.05) is 0 Å². The molecule has 3 nitrogen and oxygen atoms in total. The van der Waals surface area contributed by atoms with E-state index in [4.69, 9.17) is 11.6 Å². The molecule has 19 heavy (non-hydrogen) atoms. The number of aromatic nitrogens is 3. The van der Waals surface area contributed by atoms with Crippen molar-refractivity contribution in [3.63, 3.8) is 0 Å². The van der Waals surface area contributed by atoms with Gasteiger partial charge in [0, 0.05) is 23.0 Å². The Kier molecular flexibility index (Phi) is 3.29. The van der Waals surface area contributed by atoms with E-state index in [1.807, 2.05) is 34.9 Å². The minimum atomic E-state index is 0.713. The molecule has 96 valence electrons.